The second kappa shape index (κ2) is 5.99. The third-order valence-corrected chi connectivity index (χ3v) is 3.89. The molecule has 112 valence electrons. The lowest BCUT2D eigenvalue weighted by Crippen LogP contribution is -2.34. The molecule has 1 N–H and O–H groups in total. The van der Waals surface area contributed by atoms with E-state index in [9.17, 15) is 9.59 Å². The van der Waals surface area contributed by atoms with Crippen molar-refractivity contribution in [3.63, 3.8) is 0 Å². The van der Waals surface area contributed by atoms with Gasteiger partial charge < -0.3 is 5.32 Å². The lowest BCUT2D eigenvalue weighted by atomic mass is 10.2. The first-order chi connectivity index (χ1) is 10.5. The molecule has 0 bridgehead atoms. The van der Waals surface area contributed by atoms with Crippen molar-refractivity contribution in [2.75, 3.05) is 10.2 Å². The number of benzene rings is 2. The highest BCUT2D eigenvalue weighted by Gasteiger charge is 2.39. The Morgan fingerprint density at radius 3 is 2.41 bits per heavy atom. The minimum absolute atomic E-state index is 0.105. The molecule has 0 aliphatic carbocycles. The monoisotopic (exact) mass is 334 g/mol. The van der Waals surface area contributed by atoms with Crippen molar-refractivity contribution in [2.24, 2.45) is 0 Å². The lowest BCUT2D eigenvalue weighted by molar-refractivity contribution is -0.121. The zero-order valence-corrected chi connectivity index (χ0v) is 12.9. The van der Waals surface area contributed by atoms with Crippen LogP contribution in [0.4, 0.5) is 11.4 Å². The van der Waals surface area contributed by atoms with Crippen LogP contribution < -0.4 is 10.2 Å². The predicted octanol–water partition coefficient (Wildman–Crippen LogP) is 3.74. The van der Waals surface area contributed by atoms with E-state index in [1.54, 1.807) is 48.5 Å². The highest BCUT2D eigenvalue weighted by Crippen LogP contribution is 2.27. The summed E-state index contributed by atoms with van der Waals surface area (Å²) >= 11 is 11.8. The smallest absolute Gasteiger partial charge is 0.256 e. The summed E-state index contributed by atoms with van der Waals surface area (Å²) < 4.78 is 0. The SMILES string of the molecule is O=C1CC(Nc2ccc(Cl)cc2)C(=O)N1c1cccc(Cl)c1. The Morgan fingerprint density at radius 2 is 1.73 bits per heavy atom. The van der Waals surface area contributed by atoms with E-state index in [4.69, 9.17) is 23.2 Å². The maximum absolute atomic E-state index is 12.5. The van der Waals surface area contributed by atoms with Crippen molar-refractivity contribution in [1.82, 2.24) is 0 Å². The fourth-order valence-corrected chi connectivity index (χ4v) is 2.69. The van der Waals surface area contributed by atoms with Crippen molar-refractivity contribution < 1.29 is 9.59 Å². The molecule has 1 unspecified atom stereocenters. The molecule has 22 heavy (non-hydrogen) atoms. The molecular formula is C16H12Cl2N2O2. The van der Waals surface area contributed by atoms with Crippen LogP contribution >= 0.6 is 23.2 Å². The fourth-order valence-electron chi connectivity index (χ4n) is 2.38. The van der Waals surface area contributed by atoms with Crippen molar-refractivity contribution >= 4 is 46.4 Å². The molecule has 1 atom stereocenters. The standard InChI is InChI=1S/C16H12Cl2N2O2/c17-10-4-6-12(7-5-10)19-14-9-15(21)20(16(14)22)13-3-1-2-11(18)8-13/h1-8,14,19H,9H2. The molecule has 0 aromatic heterocycles. The Hall–Kier alpha value is -2.04. The van der Waals surface area contributed by atoms with E-state index in [-0.39, 0.29) is 18.2 Å². The van der Waals surface area contributed by atoms with Crippen LogP contribution in [-0.2, 0) is 9.59 Å². The summed E-state index contributed by atoms with van der Waals surface area (Å²) in [5.41, 5.74) is 1.23. The van der Waals surface area contributed by atoms with Gasteiger partial charge in [-0.2, -0.15) is 0 Å². The molecule has 0 spiro atoms. The molecule has 2 amide bonds. The summed E-state index contributed by atoms with van der Waals surface area (Å²) in [7, 11) is 0. The van der Waals surface area contributed by atoms with Gasteiger partial charge in [-0.3, -0.25) is 9.59 Å². The molecule has 1 heterocycles. The lowest BCUT2D eigenvalue weighted by Gasteiger charge is -2.16. The van der Waals surface area contributed by atoms with Gasteiger partial charge in [0.15, 0.2) is 0 Å². The molecule has 1 saturated heterocycles. The highest BCUT2D eigenvalue weighted by atomic mass is 35.5. The number of imide groups is 1. The van der Waals surface area contributed by atoms with Crippen molar-refractivity contribution in [3.05, 3.63) is 58.6 Å². The van der Waals surface area contributed by atoms with E-state index in [1.807, 2.05) is 0 Å². The highest BCUT2D eigenvalue weighted by molar-refractivity contribution is 6.31. The predicted molar refractivity (Wildman–Crippen MR) is 87.4 cm³/mol. The number of carbonyl (C=O) groups excluding carboxylic acids is 2. The van der Waals surface area contributed by atoms with Gasteiger partial charge in [0, 0.05) is 15.7 Å². The van der Waals surface area contributed by atoms with Gasteiger partial charge in [0.05, 0.1) is 12.1 Å². The van der Waals surface area contributed by atoms with Crippen LogP contribution in [0.2, 0.25) is 10.0 Å². The summed E-state index contributed by atoms with van der Waals surface area (Å²) in [6.45, 7) is 0. The molecule has 1 aliphatic heterocycles. The number of nitrogens with one attached hydrogen (secondary N) is 1. The van der Waals surface area contributed by atoms with Crippen LogP contribution in [0, 0.1) is 0 Å². The average Bonchev–Trinajstić information content (AvgIpc) is 2.76. The van der Waals surface area contributed by atoms with Gasteiger partial charge in [-0.25, -0.2) is 4.90 Å². The van der Waals surface area contributed by atoms with Crippen molar-refractivity contribution in [2.45, 2.75) is 12.5 Å². The van der Waals surface area contributed by atoms with E-state index in [0.29, 0.717) is 15.7 Å². The van der Waals surface area contributed by atoms with Gasteiger partial charge in [0.2, 0.25) is 5.91 Å². The number of amides is 2. The molecule has 6 heteroatoms. The van der Waals surface area contributed by atoms with Crippen LogP contribution in [0.15, 0.2) is 48.5 Å². The van der Waals surface area contributed by atoms with Crippen molar-refractivity contribution in [1.29, 1.82) is 0 Å². The second-order valence-electron chi connectivity index (χ2n) is 4.96. The fraction of sp³-hybridized carbons (Fsp3) is 0.125. The molecule has 2 aromatic rings. The first-order valence-corrected chi connectivity index (χ1v) is 7.44. The molecule has 0 radical (unpaired) electrons. The third kappa shape index (κ3) is 2.93. The number of anilines is 2. The molecule has 1 aliphatic rings. The molecule has 4 nitrogen and oxygen atoms in total. The number of rotatable bonds is 3. The summed E-state index contributed by atoms with van der Waals surface area (Å²) in [4.78, 5) is 25.8. The minimum atomic E-state index is -0.590. The number of nitrogens with zero attached hydrogens (tertiary/aromatic N) is 1. The Balaban J connectivity index is 1.81. The van der Waals surface area contributed by atoms with Gasteiger partial charge in [-0.05, 0) is 42.5 Å². The van der Waals surface area contributed by atoms with E-state index in [1.165, 1.54) is 4.90 Å². The third-order valence-electron chi connectivity index (χ3n) is 3.40. The van der Waals surface area contributed by atoms with Gasteiger partial charge in [-0.15, -0.1) is 0 Å². The molecule has 2 aromatic carbocycles. The molecular weight excluding hydrogens is 323 g/mol. The summed E-state index contributed by atoms with van der Waals surface area (Å²) in [6, 6.07) is 13.1. The van der Waals surface area contributed by atoms with E-state index in [2.05, 4.69) is 5.32 Å². The van der Waals surface area contributed by atoms with Crippen molar-refractivity contribution in [3.8, 4) is 0 Å². The zero-order chi connectivity index (χ0) is 15.7. The Kier molecular flexibility index (Phi) is 4.05. The average molecular weight is 335 g/mol. The topological polar surface area (TPSA) is 49.4 Å². The quantitative estimate of drug-likeness (QED) is 0.870. The molecule has 3 rings (SSSR count). The van der Waals surface area contributed by atoms with Crippen LogP contribution in [0.1, 0.15) is 6.42 Å². The summed E-state index contributed by atoms with van der Waals surface area (Å²) in [6.07, 6.45) is 0.105. The minimum Gasteiger partial charge on any atom is -0.373 e. The first kappa shape index (κ1) is 14.9. The van der Waals surface area contributed by atoms with E-state index in [0.717, 1.165) is 5.69 Å². The van der Waals surface area contributed by atoms with Crippen LogP contribution in [0.25, 0.3) is 0 Å². The first-order valence-electron chi connectivity index (χ1n) is 6.69. The Labute approximate surface area is 137 Å². The maximum Gasteiger partial charge on any atom is 0.256 e. The van der Waals surface area contributed by atoms with Crippen LogP contribution in [0.3, 0.4) is 0 Å². The largest absolute Gasteiger partial charge is 0.373 e. The molecule has 0 saturated carbocycles. The number of halogens is 2. The molecule has 1 fully saturated rings. The van der Waals surface area contributed by atoms with Gasteiger partial charge in [0.1, 0.15) is 6.04 Å². The van der Waals surface area contributed by atoms with Gasteiger partial charge in [0.25, 0.3) is 5.91 Å². The van der Waals surface area contributed by atoms with Crippen LogP contribution in [0.5, 0.6) is 0 Å². The Morgan fingerprint density at radius 1 is 1.00 bits per heavy atom. The maximum atomic E-state index is 12.5. The number of hydrogen-bond acceptors (Lipinski definition) is 3. The van der Waals surface area contributed by atoms with Crippen LogP contribution in [-0.4, -0.2) is 17.9 Å². The Bertz CT molecular complexity index is 731. The van der Waals surface area contributed by atoms with Gasteiger partial charge in [-0.1, -0.05) is 29.3 Å². The summed E-state index contributed by atoms with van der Waals surface area (Å²) in [5.74, 6) is -0.541. The number of hydrogen-bond donors (Lipinski definition) is 1. The number of carbonyl (C=O) groups is 2. The normalized spacial score (nSPS) is 17.9. The second-order valence-corrected chi connectivity index (χ2v) is 5.83. The summed E-state index contributed by atoms with van der Waals surface area (Å²) in [5, 5.41) is 4.15. The van der Waals surface area contributed by atoms with E-state index < -0.39 is 6.04 Å². The van der Waals surface area contributed by atoms with Gasteiger partial charge >= 0.3 is 0 Å². The van der Waals surface area contributed by atoms with E-state index >= 15 is 0 Å². The zero-order valence-electron chi connectivity index (χ0n) is 11.4.